The van der Waals surface area contributed by atoms with E-state index in [0.717, 1.165) is 5.56 Å². The Hall–Kier alpha value is -1.60. The topological polar surface area (TPSA) is 61.4 Å². The number of hydrogen-bond acceptors (Lipinski definition) is 3. The van der Waals surface area contributed by atoms with Crippen LogP contribution in [-0.4, -0.2) is 36.4 Å². The van der Waals surface area contributed by atoms with Gasteiger partial charge in [-0.1, -0.05) is 30.3 Å². The van der Waals surface area contributed by atoms with Crippen LogP contribution in [0.4, 0.5) is 13.2 Å². The van der Waals surface area contributed by atoms with Gasteiger partial charge < -0.3 is 10.4 Å². The van der Waals surface area contributed by atoms with Gasteiger partial charge >= 0.3 is 6.18 Å². The minimum atomic E-state index is -4.44. The van der Waals surface area contributed by atoms with Crippen molar-refractivity contribution in [2.24, 2.45) is 0 Å². The first-order valence-corrected chi connectivity index (χ1v) is 6.10. The number of carbonyl (C=O) groups is 1. The third-order valence-corrected chi connectivity index (χ3v) is 2.69. The molecule has 0 bridgehead atoms. The van der Waals surface area contributed by atoms with Crippen molar-refractivity contribution in [2.75, 3.05) is 13.2 Å². The zero-order chi connectivity index (χ0) is 15.2. The molecular formula is C13H17F3N2O2. The lowest BCUT2D eigenvalue weighted by atomic mass is 10.1. The van der Waals surface area contributed by atoms with Gasteiger partial charge in [-0.05, 0) is 12.5 Å². The first kappa shape index (κ1) is 16.5. The van der Waals surface area contributed by atoms with Crippen LogP contribution in [0.15, 0.2) is 30.3 Å². The Kier molecular flexibility index (Phi) is 5.97. The summed E-state index contributed by atoms with van der Waals surface area (Å²) < 4.78 is 36.0. The Balaban J connectivity index is 2.55. The zero-order valence-electron chi connectivity index (χ0n) is 10.9. The number of amides is 1. The van der Waals surface area contributed by atoms with Crippen molar-refractivity contribution >= 4 is 5.91 Å². The standard InChI is InChI=1S/C13H17F3N2O2/c1-9(12(20)17-8-13(14,15)16)18-11(7-19)10-5-3-2-4-6-10/h2-6,9,11,18-19H,7-8H2,1H3,(H,17,20). The van der Waals surface area contributed by atoms with Crippen LogP contribution < -0.4 is 10.6 Å². The van der Waals surface area contributed by atoms with Crippen LogP contribution in [0, 0.1) is 0 Å². The summed E-state index contributed by atoms with van der Waals surface area (Å²) in [5.41, 5.74) is 0.755. The molecule has 0 aliphatic heterocycles. The minimum Gasteiger partial charge on any atom is -0.394 e. The molecule has 7 heteroatoms. The summed E-state index contributed by atoms with van der Waals surface area (Å²) in [6, 6.07) is 7.50. The van der Waals surface area contributed by atoms with E-state index in [1.165, 1.54) is 6.92 Å². The molecule has 4 nitrogen and oxygen atoms in total. The number of hydrogen-bond donors (Lipinski definition) is 3. The fourth-order valence-electron chi connectivity index (χ4n) is 1.66. The smallest absolute Gasteiger partial charge is 0.394 e. The van der Waals surface area contributed by atoms with E-state index in [9.17, 15) is 23.1 Å². The third kappa shape index (κ3) is 5.58. The molecule has 0 aliphatic carbocycles. The van der Waals surface area contributed by atoms with E-state index in [4.69, 9.17) is 0 Å². The van der Waals surface area contributed by atoms with Crippen molar-refractivity contribution in [1.29, 1.82) is 0 Å². The summed E-state index contributed by atoms with van der Waals surface area (Å²) in [6.07, 6.45) is -4.44. The Morgan fingerprint density at radius 3 is 2.40 bits per heavy atom. The number of nitrogens with one attached hydrogen (secondary N) is 2. The predicted octanol–water partition coefficient (Wildman–Crippen LogP) is 1.38. The highest BCUT2D eigenvalue weighted by Gasteiger charge is 2.29. The Morgan fingerprint density at radius 1 is 1.30 bits per heavy atom. The molecule has 0 aromatic heterocycles. The van der Waals surface area contributed by atoms with Gasteiger partial charge in [-0.25, -0.2) is 0 Å². The lowest BCUT2D eigenvalue weighted by Gasteiger charge is -2.22. The molecule has 1 amide bonds. The average Bonchev–Trinajstić information content (AvgIpc) is 2.42. The second-order valence-electron chi connectivity index (χ2n) is 4.37. The molecule has 0 radical (unpaired) electrons. The van der Waals surface area contributed by atoms with Gasteiger partial charge in [-0.3, -0.25) is 10.1 Å². The monoisotopic (exact) mass is 290 g/mol. The predicted molar refractivity (Wildman–Crippen MR) is 67.9 cm³/mol. The van der Waals surface area contributed by atoms with Gasteiger partial charge in [-0.15, -0.1) is 0 Å². The van der Waals surface area contributed by atoms with Crippen LogP contribution in [0.2, 0.25) is 0 Å². The van der Waals surface area contributed by atoms with E-state index < -0.39 is 30.7 Å². The molecule has 0 fully saturated rings. The highest BCUT2D eigenvalue weighted by Crippen LogP contribution is 2.14. The highest BCUT2D eigenvalue weighted by atomic mass is 19.4. The van der Waals surface area contributed by atoms with Crippen LogP contribution in [0.25, 0.3) is 0 Å². The Labute approximate surface area is 115 Å². The van der Waals surface area contributed by atoms with E-state index in [-0.39, 0.29) is 6.61 Å². The highest BCUT2D eigenvalue weighted by molar-refractivity contribution is 5.81. The fourth-order valence-corrected chi connectivity index (χ4v) is 1.66. The van der Waals surface area contributed by atoms with E-state index in [1.807, 2.05) is 0 Å². The number of alkyl halides is 3. The summed E-state index contributed by atoms with van der Waals surface area (Å²) >= 11 is 0. The lowest BCUT2D eigenvalue weighted by molar-refractivity contribution is -0.139. The molecule has 0 spiro atoms. The molecule has 1 rings (SSSR count). The van der Waals surface area contributed by atoms with Crippen LogP contribution in [0.1, 0.15) is 18.5 Å². The van der Waals surface area contributed by atoms with E-state index in [1.54, 1.807) is 35.6 Å². The fraction of sp³-hybridized carbons (Fsp3) is 0.462. The van der Waals surface area contributed by atoms with Gasteiger partial charge in [0.2, 0.25) is 5.91 Å². The van der Waals surface area contributed by atoms with Crippen LogP contribution in [0.5, 0.6) is 0 Å². The maximum absolute atomic E-state index is 12.0. The van der Waals surface area contributed by atoms with E-state index in [0.29, 0.717) is 0 Å². The third-order valence-electron chi connectivity index (χ3n) is 2.69. The van der Waals surface area contributed by atoms with Crippen molar-refractivity contribution in [3.63, 3.8) is 0 Å². The van der Waals surface area contributed by atoms with E-state index >= 15 is 0 Å². The average molecular weight is 290 g/mol. The Bertz CT molecular complexity index is 423. The number of rotatable bonds is 6. The molecule has 0 saturated heterocycles. The number of carbonyl (C=O) groups excluding carboxylic acids is 1. The molecule has 20 heavy (non-hydrogen) atoms. The van der Waals surface area contributed by atoms with Gasteiger partial charge in [-0.2, -0.15) is 13.2 Å². The number of benzene rings is 1. The molecule has 2 atom stereocenters. The summed E-state index contributed by atoms with van der Waals surface area (Å²) in [5.74, 6) is -0.767. The maximum atomic E-state index is 12.0. The number of aliphatic hydroxyl groups is 1. The van der Waals surface area contributed by atoms with Crippen LogP contribution in [-0.2, 0) is 4.79 Å². The van der Waals surface area contributed by atoms with Crippen molar-refractivity contribution in [2.45, 2.75) is 25.2 Å². The summed E-state index contributed by atoms with van der Waals surface area (Å²) in [5, 5.41) is 13.9. The lowest BCUT2D eigenvalue weighted by Crippen LogP contribution is -2.46. The molecule has 2 unspecified atom stereocenters. The molecule has 1 aromatic carbocycles. The second-order valence-corrected chi connectivity index (χ2v) is 4.37. The Morgan fingerprint density at radius 2 is 1.90 bits per heavy atom. The zero-order valence-corrected chi connectivity index (χ0v) is 10.9. The number of halogens is 3. The normalized spacial score (nSPS) is 14.7. The van der Waals surface area contributed by atoms with Gasteiger partial charge in [0, 0.05) is 0 Å². The van der Waals surface area contributed by atoms with Crippen molar-refractivity contribution in [1.82, 2.24) is 10.6 Å². The second kappa shape index (κ2) is 7.25. The maximum Gasteiger partial charge on any atom is 0.405 e. The molecule has 0 aliphatic rings. The summed E-state index contributed by atoms with van der Waals surface area (Å²) in [4.78, 5) is 11.5. The van der Waals surface area contributed by atoms with Crippen LogP contribution >= 0.6 is 0 Å². The molecule has 0 saturated carbocycles. The first-order chi connectivity index (χ1) is 9.33. The summed E-state index contributed by atoms with van der Waals surface area (Å²) in [6.45, 7) is -0.189. The quantitative estimate of drug-likeness (QED) is 0.741. The molecule has 0 heterocycles. The van der Waals surface area contributed by atoms with Gasteiger partial charge in [0.1, 0.15) is 6.54 Å². The molecular weight excluding hydrogens is 273 g/mol. The minimum absolute atomic E-state index is 0.263. The van der Waals surface area contributed by atoms with Crippen molar-refractivity contribution in [3.8, 4) is 0 Å². The SMILES string of the molecule is CC(NC(CO)c1ccccc1)C(=O)NCC(F)(F)F. The van der Waals surface area contributed by atoms with Gasteiger partial charge in [0.05, 0.1) is 18.7 Å². The first-order valence-electron chi connectivity index (χ1n) is 6.10. The molecule has 3 N–H and O–H groups in total. The molecule has 112 valence electrons. The largest absolute Gasteiger partial charge is 0.405 e. The van der Waals surface area contributed by atoms with Crippen molar-refractivity contribution in [3.05, 3.63) is 35.9 Å². The summed E-state index contributed by atoms with van der Waals surface area (Å²) in [7, 11) is 0. The van der Waals surface area contributed by atoms with E-state index in [2.05, 4.69) is 5.32 Å². The van der Waals surface area contributed by atoms with Gasteiger partial charge in [0.15, 0.2) is 0 Å². The van der Waals surface area contributed by atoms with Gasteiger partial charge in [0.25, 0.3) is 0 Å². The van der Waals surface area contributed by atoms with Crippen molar-refractivity contribution < 1.29 is 23.1 Å². The number of aliphatic hydroxyl groups excluding tert-OH is 1. The van der Waals surface area contributed by atoms with Crippen LogP contribution in [0.3, 0.4) is 0 Å². The molecule has 1 aromatic rings.